The molecule has 0 aliphatic rings. The van der Waals surface area contributed by atoms with Gasteiger partial charge in [0.1, 0.15) is 5.78 Å². The zero-order valence-corrected chi connectivity index (χ0v) is 11.5. The van der Waals surface area contributed by atoms with E-state index in [4.69, 9.17) is 11.5 Å². The fraction of sp³-hybridized carbons (Fsp3) is 0.235. The summed E-state index contributed by atoms with van der Waals surface area (Å²) in [5, 5.41) is 0. The smallest absolute Gasteiger partial charge is 0.133 e. The van der Waals surface area contributed by atoms with Gasteiger partial charge >= 0.3 is 0 Å². The molecule has 0 spiro atoms. The molecule has 0 aromatic heterocycles. The summed E-state index contributed by atoms with van der Waals surface area (Å²) in [5.74, 6) is 0.290. The van der Waals surface area contributed by atoms with E-state index in [1.807, 2.05) is 48.5 Å². The lowest BCUT2D eigenvalue weighted by molar-refractivity contribution is -0.119. The third-order valence-electron chi connectivity index (χ3n) is 3.34. The number of nitrogen functional groups attached to an aromatic ring is 2. The molecule has 2 rings (SSSR count). The molecule has 0 aliphatic carbocycles. The van der Waals surface area contributed by atoms with Gasteiger partial charge in [-0.3, -0.25) is 4.79 Å². The molecule has 0 radical (unpaired) electrons. The Bertz CT molecular complexity index is 507. The summed E-state index contributed by atoms with van der Waals surface area (Å²) in [6.45, 7) is 0. The Balaban J connectivity index is 1.75. The molecule has 0 bridgehead atoms. The van der Waals surface area contributed by atoms with Crippen LogP contribution in [0.1, 0.15) is 24.0 Å². The first kappa shape index (κ1) is 14.1. The number of rotatable bonds is 6. The number of Topliss-reactive ketones (excluding diaryl/α,β-unsaturated/α-hetero) is 1. The van der Waals surface area contributed by atoms with E-state index in [1.54, 1.807) is 0 Å². The van der Waals surface area contributed by atoms with E-state index in [-0.39, 0.29) is 0 Å². The van der Waals surface area contributed by atoms with Crippen LogP contribution < -0.4 is 11.5 Å². The molecular formula is C17H20N2O. The number of aryl methyl sites for hydroxylation is 2. The summed E-state index contributed by atoms with van der Waals surface area (Å²) in [5.41, 5.74) is 15.1. The van der Waals surface area contributed by atoms with Gasteiger partial charge in [-0.25, -0.2) is 0 Å². The lowest BCUT2D eigenvalue weighted by Gasteiger charge is -2.03. The van der Waals surface area contributed by atoms with Crippen LogP contribution in [0.2, 0.25) is 0 Å². The average Bonchev–Trinajstić information content (AvgIpc) is 2.46. The fourth-order valence-electron chi connectivity index (χ4n) is 2.06. The first-order valence-corrected chi connectivity index (χ1v) is 6.84. The molecule has 20 heavy (non-hydrogen) atoms. The lowest BCUT2D eigenvalue weighted by atomic mass is 10.0. The molecule has 0 amide bonds. The standard InChI is InChI=1S/C17H20N2O/c18-15-7-1-13(2-8-15)5-11-17(20)12-6-14-3-9-16(19)10-4-14/h1-4,7-10H,5-6,11-12,18-19H2. The number of hydrogen-bond acceptors (Lipinski definition) is 3. The van der Waals surface area contributed by atoms with Crippen LogP contribution in [0.5, 0.6) is 0 Å². The number of hydrogen-bond donors (Lipinski definition) is 2. The summed E-state index contributed by atoms with van der Waals surface area (Å²) < 4.78 is 0. The summed E-state index contributed by atoms with van der Waals surface area (Å²) >= 11 is 0. The Kier molecular flexibility index (Phi) is 4.77. The average molecular weight is 268 g/mol. The molecule has 0 atom stereocenters. The SMILES string of the molecule is Nc1ccc(CCC(=O)CCc2ccc(N)cc2)cc1. The predicted octanol–water partition coefficient (Wildman–Crippen LogP) is 2.99. The van der Waals surface area contributed by atoms with Crippen molar-refractivity contribution in [3.63, 3.8) is 0 Å². The van der Waals surface area contributed by atoms with Crippen LogP contribution in [0.25, 0.3) is 0 Å². The largest absolute Gasteiger partial charge is 0.399 e. The molecule has 3 nitrogen and oxygen atoms in total. The summed E-state index contributed by atoms with van der Waals surface area (Å²) in [7, 11) is 0. The van der Waals surface area contributed by atoms with E-state index in [9.17, 15) is 4.79 Å². The molecule has 0 unspecified atom stereocenters. The zero-order chi connectivity index (χ0) is 14.4. The highest BCUT2D eigenvalue weighted by molar-refractivity contribution is 5.78. The van der Waals surface area contributed by atoms with Crippen LogP contribution >= 0.6 is 0 Å². The monoisotopic (exact) mass is 268 g/mol. The number of carbonyl (C=O) groups is 1. The number of carbonyl (C=O) groups excluding carboxylic acids is 1. The van der Waals surface area contributed by atoms with E-state index < -0.39 is 0 Å². The van der Waals surface area contributed by atoms with Crippen molar-refractivity contribution < 1.29 is 4.79 Å². The van der Waals surface area contributed by atoms with Gasteiger partial charge in [-0.1, -0.05) is 24.3 Å². The second-order valence-corrected chi connectivity index (χ2v) is 5.02. The minimum Gasteiger partial charge on any atom is -0.399 e. The zero-order valence-electron chi connectivity index (χ0n) is 11.5. The van der Waals surface area contributed by atoms with E-state index >= 15 is 0 Å². The van der Waals surface area contributed by atoms with Gasteiger partial charge in [0.2, 0.25) is 0 Å². The second kappa shape index (κ2) is 6.75. The Morgan fingerprint density at radius 3 is 1.40 bits per heavy atom. The van der Waals surface area contributed by atoms with Crippen molar-refractivity contribution in [3.05, 3.63) is 59.7 Å². The van der Waals surface area contributed by atoms with Crippen LogP contribution in [-0.4, -0.2) is 5.78 Å². The second-order valence-electron chi connectivity index (χ2n) is 5.02. The van der Waals surface area contributed by atoms with Crippen LogP contribution in [0.4, 0.5) is 11.4 Å². The van der Waals surface area contributed by atoms with Crippen LogP contribution in [-0.2, 0) is 17.6 Å². The molecule has 0 saturated heterocycles. The van der Waals surface area contributed by atoms with Crippen LogP contribution in [0.3, 0.4) is 0 Å². The first-order chi connectivity index (χ1) is 9.63. The highest BCUT2D eigenvalue weighted by atomic mass is 16.1. The normalized spacial score (nSPS) is 10.4. The molecule has 0 saturated carbocycles. The topological polar surface area (TPSA) is 69.1 Å². The number of ketones is 1. The highest BCUT2D eigenvalue weighted by Crippen LogP contribution is 2.11. The van der Waals surface area contributed by atoms with Crippen molar-refractivity contribution in [2.75, 3.05) is 11.5 Å². The Morgan fingerprint density at radius 2 is 1.05 bits per heavy atom. The van der Waals surface area contributed by atoms with Gasteiger partial charge in [-0.15, -0.1) is 0 Å². The van der Waals surface area contributed by atoms with Crippen molar-refractivity contribution in [3.8, 4) is 0 Å². The van der Waals surface area contributed by atoms with Gasteiger partial charge < -0.3 is 11.5 Å². The van der Waals surface area contributed by atoms with Gasteiger partial charge in [-0.05, 0) is 48.2 Å². The minimum absolute atomic E-state index is 0.290. The molecule has 0 heterocycles. The molecular weight excluding hydrogens is 248 g/mol. The van der Waals surface area contributed by atoms with Gasteiger partial charge in [0, 0.05) is 24.2 Å². The molecule has 4 N–H and O–H groups in total. The molecule has 2 aromatic rings. The maximum absolute atomic E-state index is 11.9. The summed E-state index contributed by atoms with van der Waals surface area (Å²) in [4.78, 5) is 11.9. The van der Waals surface area contributed by atoms with Crippen molar-refractivity contribution >= 4 is 17.2 Å². The molecule has 0 fully saturated rings. The van der Waals surface area contributed by atoms with E-state index in [2.05, 4.69) is 0 Å². The first-order valence-electron chi connectivity index (χ1n) is 6.84. The van der Waals surface area contributed by atoms with E-state index in [0.717, 1.165) is 35.3 Å². The van der Waals surface area contributed by atoms with E-state index in [0.29, 0.717) is 18.6 Å². The predicted molar refractivity (Wildman–Crippen MR) is 83.4 cm³/mol. The quantitative estimate of drug-likeness (QED) is 0.791. The molecule has 0 aliphatic heterocycles. The fourth-order valence-corrected chi connectivity index (χ4v) is 2.06. The number of nitrogens with two attached hydrogens (primary N) is 2. The highest BCUT2D eigenvalue weighted by Gasteiger charge is 2.04. The lowest BCUT2D eigenvalue weighted by Crippen LogP contribution is -2.02. The summed E-state index contributed by atoms with van der Waals surface area (Å²) in [6, 6.07) is 15.4. The molecule has 2 aromatic carbocycles. The Hall–Kier alpha value is -2.29. The van der Waals surface area contributed by atoms with Gasteiger partial charge in [0.15, 0.2) is 0 Å². The maximum atomic E-state index is 11.9. The third kappa shape index (κ3) is 4.43. The number of anilines is 2. The molecule has 104 valence electrons. The Morgan fingerprint density at radius 1 is 0.700 bits per heavy atom. The van der Waals surface area contributed by atoms with Gasteiger partial charge in [0.05, 0.1) is 0 Å². The van der Waals surface area contributed by atoms with Crippen molar-refractivity contribution in [1.29, 1.82) is 0 Å². The van der Waals surface area contributed by atoms with Gasteiger partial charge in [0.25, 0.3) is 0 Å². The summed E-state index contributed by atoms with van der Waals surface area (Å²) in [6.07, 6.45) is 2.72. The van der Waals surface area contributed by atoms with Gasteiger partial charge in [-0.2, -0.15) is 0 Å². The van der Waals surface area contributed by atoms with Crippen molar-refractivity contribution in [2.45, 2.75) is 25.7 Å². The molecule has 3 heteroatoms. The Labute approximate surface area is 119 Å². The van der Waals surface area contributed by atoms with Crippen LogP contribution in [0.15, 0.2) is 48.5 Å². The van der Waals surface area contributed by atoms with Crippen molar-refractivity contribution in [1.82, 2.24) is 0 Å². The van der Waals surface area contributed by atoms with Crippen LogP contribution in [0, 0.1) is 0 Å². The minimum atomic E-state index is 0.290. The third-order valence-corrected chi connectivity index (χ3v) is 3.34. The maximum Gasteiger partial charge on any atom is 0.133 e. The van der Waals surface area contributed by atoms with E-state index in [1.165, 1.54) is 0 Å². The van der Waals surface area contributed by atoms with Crippen molar-refractivity contribution in [2.24, 2.45) is 0 Å². The number of benzene rings is 2.